The zero-order valence-corrected chi connectivity index (χ0v) is 22.5. The zero-order valence-electron chi connectivity index (χ0n) is 22.5. The van der Waals surface area contributed by atoms with E-state index in [1.165, 1.54) is 0 Å². The topological polar surface area (TPSA) is 80.9 Å². The Bertz CT molecular complexity index is 1420. The summed E-state index contributed by atoms with van der Waals surface area (Å²) in [6.45, 7) is 11.6. The van der Waals surface area contributed by atoms with Crippen molar-refractivity contribution in [1.82, 2.24) is 0 Å². The number of phenolic OH excluding ortho intramolecular Hbond substituents is 4. The molecule has 192 valence electrons. The van der Waals surface area contributed by atoms with Gasteiger partial charge in [-0.1, -0.05) is 30.3 Å². The molecule has 4 nitrogen and oxygen atoms in total. The molecule has 4 rings (SSSR count). The van der Waals surface area contributed by atoms with E-state index in [0.717, 1.165) is 66.8 Å². The second-order valence-corrected chi connectivity index (χ2v) is 10.5. The van der Waals surface area contributed by atoms with Crippen LogP contribution in [0.15, 0.2) is 48.5 Å². The predicted octanol–water partition coefficient (Wildman–Crippen LogP) is 7.13. The molecule has 0 aliphatic rings. The van der Waals surface area contributed by atoms with Gasteiger partial charge in [-0.05, 0) is 133 Å². The Morgan fingerprint density at radius 2 is 0.703 bits per heavy atom. The average molecular weight is 497 g/mol. The van der Waals surface area contributed by atoms with Crippen molar-refractivity contribution in [2.75, 3.05) is 0 Å². The molecule has 37 heavy (non-hydrogen) atoms. The van der Waals surface area contributed by atoms with Gasteiger partial charge in [-0.3, -0.25) is 0 Å². The summed E-state index contributed by atoms with van der Waals surface area (Å²) in [5, 5.41) is 41.8. The third kappa shape index (κ3) is 5.59. The average Bonchev–Trinajstić information content (AvgIpc) is 2.82. The summed E-state index contributed by atoms with van der Waals surface area (Å²) in [7, 11) is 0. The minimum atomic E-state index is 0.274. The number of benzene rings is 4. The fraction of sp³-hybridized carbons (Fsp3) is 0.273. The van der Waals surface area contributed by atoms with Gasteiger partial charge in [0.25, 0.3) is 0 Å². The van der Waals surface area contributed by atoms with Gasteiger partial charge in [0.1, 0.15) is 23.0 Å². The van der Waals surface area contributed by atoms with E-state index in [2.05, 4.69) is 12.1 Å². The molecule has 4 aromatic rings. The number of rotatable bonds is 6. The number of aryl methyl sites for hydroxylation is 6. The molecule has 0 radical (unpaired) electrons. The molecule has 4 aromatic carbocycles. The molecule has 4 N–H and O–H groups in total. The van der Waals surface area contributed by atoms with Gasteiger partial charge in [-0.25, -0.2) is 0 Å². The summed E-state index contributed by atoms with van der Waals surface area (Å²) in [6.07, 6.45) is 1.76. The molecule has 0 bridgehead atoms. The first kappa shape index (κ1) is 26.2. The van der Waals surface area contributed by atoms with Crippen molar-refractivity contribution in [2.24, 2.45) is 0 Å². The van der Waals surface area contributed by atoms with Crippen LogP contribution in [0, 0.1) is 41.5 Å². The Hall–Kier alpha value is -3.92. The van der Waals surface area contributed by atoms with Crippen molar-refractivity contribution in [1.29, 1.82) is 0 Å². The normalized spacial score (nSPS) is 11.2. The lowest BCUT2D eigenvalue weighted by Gasteiger charge is -2.17. The standard InChI is InChI=1S/C33H36O4/c1-18-10-30(34)21(4)7-25(18)13-24-14-28(16-26-8-22(5)31(35)11-19(26)2)33(37)29(15-24)17-27-9-23(6)32(36)12-20(27)3/h7-12,14-15,34-37H,13,16-17H2,1-6H3. The summed E-state index contributed by atoms with van der Waals surface area (Å²) in [5.74, 6) is 1.12. The van der Waals surface area contributed by atoms with E-state index in [-0.39, 0.29) is 17.2 Å². The van der Waals surface area contributed by atoms with E-state index in [9.17, 15) is 20.4 Å². The van der Waals surface area contributed by atoms with Gasteiger partial charge in [0, 0.05) is 12.8 Å². The van der Waals surface area contributed by atoms with Crippen molar-refractivity contribution in [2.45, 2.75) is 60.8 Å². The lowest BCUT2D eigenvalue weighted by Crippen LogP contribution is -2.02. The van der Waals surface area contributed by atoms with E-state index in [4.69, 9.17) is 0 Å². The Morgan fingerprint density at radius 3 is 1.05 bits per heavy atom. The van der Waals surface area contributed by atoms with Gasteiger partial charge < -0.3 is 20.4 Å². The first-order valence-corrected chi connectivity index (χ1v) is 12.6. The van der Waals surface area contributed by atoms with Crippen molar-refractivity contribution in [3.63, 3.8) is 0 Å². The van der Waals surface area contributed by atoms with Crippen molar-refractivity contribution in [3.05, 3.63) is 115 Å². The number of hydrogen-bond acceptors (Lipinski definition) is 4. The summed E-state index contributed by atoms with van der Waals surface area (Å²) in [6, 6.07) is 15.5. The molecule has 0 spiro atoms. The largest absolute Gasteiger partial charge is 0.508 e. The predicted molar refractivity (Wildman–Crippen MR) is 149 cm³/mol. The molecule has 0 aromatic heterocycles. The summed E-state index contributed by atoms with van der Waals surface area (Å²) < 4.78 is 0. The summed E-state index contributed by atoms with van der Waals surface area (Å²) in [4.78, 5) is 0. The highest BCUT2D eigenvalue weighted by molar-refractivity contribution is 5.53. The second-order valence-electron chi connectivity index (χ2n) is 10.5. The van der Waals surface area contributed by atoms with Gasteiger partial charge >= 0.3 is 0 Å². The second kappa shape index (κ2) is 10.2. The van der Waals surface area contributed by atoms with Crippen LogP contribution in [-0.2, 0) is 19.3 Å². The number of aromatic hydroxyl groups is 4. The van der Waals surface area contributed by atoms with E-state index < -0.39 is 0 Å². The maximum Gasteiger partial charge on any atom is 0.122 e. The molecule has 0 amide bonds. The van der Waals surface area contributed by atoms with Crippen molar-refractivity contribution in [3.8, 4) is 23.0 Å². The van der Waals surface area contributed by atoms with Crippen LogP contribution in [0.4, 0.5) is 0 Å². The van der Waals surface area contributed by atoms with E-state index in [0.29, 0.717) is 25.0 Å². The van der Waals surface area contributed by atoms with Gasteiger partial charge in [0.15, 0.2) is 0 Å². The quantitative estimate of drug-likeness (QED) is 0.229. The molecule has 0 atom stereocenters. The molecule has 0 unspecified atom stereocenters. The molecule has 4 heteroatoms. The van der Waals surface area contributed by atoms with Crippen LogP contribution in [0.25, 0.3) is 0 Å². The van der Waals surface area contributed by atoms with Crippen molar-refractivity contribution < 1.29 is 20.4 Å². The van der Waals surface area contributed by atoms with Gasteiger partial charge in [-0.15, -0.1) is 0 Å². The lowest BCUT2D eigenvalue weighted by atomic mass is 9.89. The smallest absolute Gasteiger partial charge is 0.122 e. The lowest BCUT2D eigenvalue weighted by molar-refractivity contribution is 0.463. The highest BCUT2D eigenvalue weighted by atomic mass is 16.3. The van der Waals surface area contributed by atoms with E-state index in [1.54, 1.807) is 18.2 Å². The summed E-state index contributed by atoms with van der Waals surface area (Å²) in [5.41, 5.74) is 11.4. The van der Waals surface area contributed by atoms with Gasteiger partial charge in [-0.2, -0.15) is 0 Å². The monoisotopic (exact) mass is 496 g/mol. The molecular formula is C33H36O4. The van der Waals surface area contributed by atoms with Crippen LogP contribution in [0.3, 0.4) is 0 Å². The minimum Gasteiger partial charge on any atom is -0.508 e. The van der Waals surface area contributed by atoms with Gasteiger partial charge in [0.05, 0.1) is 0 Å². The maximum absolute atomic E-state index is 11.4. The SMILES string of the molecule is Cc1cc(Cc2cc(Cc3cc(C)c(O)cc3C)c(O)c(Cc3cc(C)c(O)cc3C)c2)c(C)cc1O. The Morgan fingerprint density at radius 1 is 0.378 bits per heavy atom. The first-order chi connectivity index (χ1) is 17.4. The summed E-state index contributed by atoms with van der Waals surface area (Å²) >= 11 is 0. The molecule has 0 heterocycles. The molecule has 0 aliphatic carbocycles. The van der Waals surface area contributed by atoms with Crippen LogP contribution < -0.4 is 0 Å². The molecule has 0 saturated carbocycles. The fourth-order valence-corrected chi connectivity index (χ4v) is 4.99. The third-order valence-corrected chi connectivity index (χ3v) is 7.45. The van der Waals surface area contributed by atoms with E-state index >= 15 is 0 Å². The number of hydrogen-bond donors (Lipinski definition) is 4. The fourth-order valence-electron chi connectivity index (χ4n) is 4.99. The Labute approximate surface area is 219 Å². The Kier molecular flexibility index (Phi) is 7.22. The van der Waals surface area contributed by atoms with Crippen LogP contribution in [-0.4, -0.2) is 20.4 Å². The Balaban J connectivity index is 1.81. The molecule has 0 fully saturated rings. The van der Waals surface area contributed by atoms with E-state index in [1.807, 2.05) is 59.7 Å². The number of phenols is 4. The van der Waals surface area contributed by atoms with Crippen LogP contribution in [0.5, 0.6) is 23.0 Å². The minimum absolute atomic E-state index is 0.274. The van der Waals surface area contributed by atoms with Crippen LogP contribution >= 0.6 is 0 Å². The highest BCUT2D eigenvalue weighted by Crippen LogP contribution is 2.34. The van der Waals surface area contributed by atoms with Gasteiger partial charge in [0.2, 0.25) is 0 Å². The third-order valence-electron chi connectivity index (χ3n) is 7.45. The molecule has 0 saturated heterocycles. The first-order valence-electron chi connectivity index (χ1n) is 12.6. The molecule has 0 aliphatic heterocycles. The van der Waals surface area contributed by atoms with Crippen LogP contribution in [0.2, 0.25) is 0 Å². The van der Waals surface area contributed by atoms with Crippen molar-refractivity contribution >= 4 is 0 Å². The van der Waals surface area contributed by atoms with Crippen LogP contribution in [0.1, 0.15) is 66.8 Å². The highest BCUT2D eigenvalue weighted by Gasteiger charge is 2.16. The maximum atomic E-state index is 11.4. The molecular weight excluding hydrogens is 460 g/mol. The zero-order chi connectivity index (χ0) is 27.0.